The minimum absolute atomic E-state index is 0.611. The van der Waals surface area contributed by atoms with Crippen LogP contribution in [0.4, 0.5) is 0 Å². The van der Waals surface area contributed by atoms with E-state index in [1.54, 1.807) is 13.3 Å². The average Bonchev–Trinajstić information content (AvgIpc) is 2.56. The van der Waals surface area contributed by atoms with Crippen LogP contribution in [0.2, 0.25) is 0 Å². The molecule has 0 aliphatic carbocycles. The molecule has 2 aromatic carbocycles. The summed E-state index contributed by atoms with van der Waals surface area (Å²) < 4.78 is 6.16. The summed E-state index contributed by atoms with van der Waals surface area (Å²) in [4.78, 5) is 4.38. The largest absolute Gasteiger partial charge is 0.497 e. The Kier molecular flexibility index (Phi) is 3.92. The summed E-state index contributed by atoms with van der Waals surface area (Å²) in [5, 5.41) is 8.43. The Morgan fingerprint density at radius 3 is 2.10 bits per heavy atom. The van der Waals surface area contributed by atoms with Gasteiger partial charge in [0.2, 0.25) is 0 Å². The number of hydrogen-bond acceptors (Lipinski definition) is 4. The van der Waals surface area contributed by atoms with Gasteiger partial charge in [0, 0.05) is 15.6 Å². The number of nitrogens with zero attached hydrogens (tertiary/aromatic N) is 3. The van der Waals surface area contributed by atoms with Gasteiger partial charge in [0.25, 0.3) is 0 Å². The number of rotatable bonds is 3. The lowest BCUT2D eigenvalue weighted by Gasteiger charge is -2.03. The molecule has 0 fully saturated rings. The molecule has 1 aromatic heterocycles. The van der Waals surface area contributed by atoms with Crippen molar-refractivity contribution in [3.8, 4) is 28.4 Å². The van der Waals surface area contributed by atoms with Gasteiger partial charge in [-0.1, -0.05) is 28.1 Å². The molecular weight excluding hydrogens is 330 g/mol. The molecule has 0 spiro atoms. The number of methoxy groups -OCH3 is 1. The van der Waals surface area contributed by atoms with Gasteiger partial charge in [-0.15, -0.1) is 10.2 Å². The van der Waals surface area contributed by atoms with Crippen LogP contribution in [0.3, 0.4) is 0 Å². The molecule has 21 heavy (non-hydrogen) atoms. The van der Waals surface area contributed by atoms with E-state index in [1.165, 1.54) is 0 Å². The predicted octanol–water partition coefficient (Wildman–Crippen LogP) is 3.98. The number of ether oxygens (including phenoxy) is 1. The molecule has 0 amide bonds. The third-order valence-electron chi connectivity index (χ3n) is 3.05. The van der Waals surface area contributed by atoms with Gasteiger partial charge in [-0.05, 0) is 36.4 Å². The summed E-state index contributed by atoms with van der Waals surface area (Å²) in [6.45, 7) is 0. The maximum atomic E-state index is 5.14. The molecule has 4 nitrogen and oxygen atoms in total. The van der Waals surface area contributed by atoms with Gasteiger partial charge in [-0.3, -0.25) is 0 Å². The topological polar surface area (TPSA) is 47.9 Å². The first-order valence-electron chi connectivity index (χ1n) is 6.36. The van der Waals surface area contributed by atoms with E-state index in [4.69, 9.17) is 4.74 Å². The molecule has 0 saturated heterocycles. The zero-order chi connectivity index (χ0) is 14.7. The molecule has 3 rings (SSSR count). The van der Waals surface area contributed by atoms with Crippen LogP contribution in [-0.4, -0.2) is 22.3 Å². The highest BCUT2D eigenvalue weighted by molar-refractivity contribution is 9.10. The van der Waals surface area contributed by atoms with Crippen molar-refractivity contribution in [2.75, 3.05) is 7.11 Å². The predicted molar refractivity (Wildman–Crippen MR) is 85.0 cm³/mol. The highest BCUT2D eigenvalue weighted by atomic mass is 79.9. The SMILES string of the molecule is COc1ccc(-c2cnc(-c3ccc(Br)cc3)nn2)cc1. The number of aromatic nitrogens is 3. The molecule has 0 N–H and O–H groups in total. The first-order chi connectivity index (χ1) is 10.3. The minimum Gasteiger partial charge on any atom is -0.497 e. The highest BCUT2D eigenvalue weighted by Crippen LogP contribution is 2.21. The van der Waals surface area contributed by atoms with Crippen molar-refractivity contribution in [1.29, 1.82) is 0 Å². The standard InChI is InChI=1S/C16H12BrN3O/c1-21-14-8-4-11(5-9-14)15-10-18-16(20-19-15)12-2-6-13(17)7-3-12/h2-10H,1H3. The average molecular weight is 342 g/mol. The fraction of sp³-hybridized carbons (Fsp3) is 0.0625. The summed E-state index contributed by atoms with van der Waals surface area (Å²) in [5.74, 6) is 1.42. The van der Waals surface area contributed by atoms with E-state index in [2.05, 4.69) is 31.1 Å². The number of benzene rings is 2. The summed E-state index contributed by atoms with van der Waals surface area (Å²) in [6.07, 6.45) is 1.73. The van der Waals surface area contributed by atoms with Crippen LogP contribution in [-0.2, 0) is 0 Å². The maximum absolute atomic E-state index is 5.14. The van der Waals surface area contributed by atoms with Crippen molar-refractivity contribution in [2.24, 2.45) is 0 Å². The maximum Gasteiger partial charge on any atom is 0.181 e. The second-order valence-corrected chi connectivity index (χ2v) is 5.32. The van der Waals surface area contributed by atoms with Gasteiger partial charge >= 0.3 is 0 Å². The first kappa shape index (κ1) is 13.7. The van der Waals surface area contributed by atoms with Gasteiger partial charge < -0.3 is 4.74 Å². The molecule has 0 atom stereocenters. The van der Waals surface area contributed by atoms with E-state index in [1.807, 2.05) is 48.5 Å². The molecule has 0 radical (unpaired) electrons. The van der Waals surface area contributed by atoms with E-state index < -0.39 is 0 Å². The second-order valence-electron chi connectivity index (χ2n) is 4.40. The summed E-state index contributed by atoms with van der Waals surface area (Å²) in [5.41, 5.74) is 2.63. The van der Waals surface area contributed by atoms with Crippen LogP contribution in [0.25, 0.3) is 22.6 Å². The monoisotopic (exact) mass is 341 g/mol. The Hall–Kier alpha value is -2.27. The molecule has 5 heteroatoms. The van der Waals surface area contributed by atoms with Crippen LogP contribution >= 0.6 is 15.9 Å². The molecule has 0 aliphatic rings. The van der Waals surface area contributed by atoms with Gasteiger partial charge in [-0.25, -0.2) is 4.98 Å². The lowest BCUT2D eigenvalue weighted by Crippen LogP contribution is -1.94. The van der Waals surface area contributed by atoms with Crippen molar-refractivity contribution in [3.63, 3.8) is 0 Å². The van der Waals surface area contributed by atoms with Crippen molar-refractivity contribution >= 4 is 15.9 Å². The van der Waals surface area contributed by atoms with Crippen LogP contribution in [0.15, 0.2) is 59.2 Å². The fourth-order valence-corrected chi connectivity index (χ4v) is 2.16. The minimum atomic E-state index is 0.611. The number of halogens is 1. The van der Waals surface area contributed by atoms with Crippen molar-refractivity contribution in [1.82, 2.24) is 15.2 Å². The third kappa shape index (κ3) is 3.08. The van der Waals surface area contributed by atoms with Crippen molar-refractivity contribution in [2.45, 2.75) is 0 Å². The summed E-state index contributed by atoms with van der Waals surface area (Å²) in [6, 6.07) is 15.5. The zero-order valence-corrected chi connectivity index (χ0v) is 12.9. The Bertz CT molecular complexity index is 725. The van der Waals surface area contributed by atoms with E-state index in [9.17, 15) is 0 Å². The zero-order valence-electron chi connectivity index (χ0n) is 11.3. The quantitative estimate of drug-likeness (QED) is 0.722. The van der Waals surface area contributed by atoms with Crippen molar-refractivity contribution in [3.05, 3.63) is 59.2 Å². The molecule has 0 bridgehead atoms. The summed E-state index contributed by atoms with van der Waals surface area (Å²) in [7, 11) is 1.64. The number of hydrogen-bond donors (Lipinski definition) is 0. The Morgan fingerprint density at radius 2 is 1.52 bits per heavy atom. The van der Waals surface area contributed by atoms with E-state index in [0.717, 1.165) is 27.0 Å². The van der Waals surface area contributed by atoms with Crippen molar-refractivity contribution < 1.29 is 4.74 Å². The molecule has 1 heterocycles. The van der Waals surface area contributed by atoms with Gasteiger partial charge in [0.15, 0.2) is 5.82 Å². The molecule has 0 saturated carbocycles. The molecule has 104 valence electrons. The van der Waals surface area contributed by atoms with E-state index in [0.29, 0.717) is 5.82 Å². The van der Waals surface area contributed by atoms with Crippen LogP contribution in [0, 0.1) is 0 Å². The Balaban J connectivity index is 1.87. The Labute approximate surface area is 131 Å². The van der Waals surface area contributed by atoms with Gasteiger partial charge in [0.1, 0.15) is 11.4 Å². The summed E-state index contributed by atoms with van der Waals surface area (Å²) >= 11 is 3.41. The Morgan fingerprint density at radius 1 is 0.857 bits per heavy atom. The molecule has 0 unspecified atom stereocenters. The van der Waals surface area contributed by atoms with E-state index in [-0.39, 0.29) is 0 Å². The lowest BCUT2D eigenvalue weighted by molar-refractivity contribution is 0.415. The smallest absolute Gasteiger partial charge is 0.181 e. The second kappa shape index (κ2) is 6.01. The normalized spacial score (nSPS) is 10.4. The lowest BCUT2D eigenvalue weighted by atomic mass is 10.1. The van der Waals surface area contributed by atoms with Crippen LogP contribution in [0.1, 0.15) is 0 Å². The van der Waals surface area contributed by atoms with Gasteiger partial charge in [-0.2, -0.15) is 0 Å². The molecule has 3 aromatic rings. The fourth-order valence-electron chi connectivity index (χ4n) is 1.90. The molecule has 0 aliphatic heterocycles. The third-order valence-corrected chi connectivity index (χ3v) is 3.58. The highest BCUT2D eigenvalue weighted by Gasteiger charge is 2.05. The van der Waals surface area contributed by atoms with E-state index >= 15 is 0 Å². The molecular formula is C16H12BrN3O. The first-order valence-corrected chi connectivity index (χ1v) is 7.15. The van der Waals surface area contributed by atoms with Crippen LogP contribution < -0.4 is 4.74 Å². The van der Waals surface area contributed by atoms with Crippen LogP contribution in [0.5, 0.6) is 5.75 Å². The van der Waals surface area contributed by atoms with Gasteiger partial charge in [0.05, 0.1) is 13.3 Å².